The first-order valence-corrected chi connectivity index (χ1v) is 6.06. The lowest BCUT2D eigenvalue weighted by atomic mass is 10.1. The molecule has 0 spiro atoms. The maximum atomic E-state index is 5.27. The van der Waals surface area contributed by atoms with Crippen molar-refractivity contribution in [1.29, 1.82) is 0 Å². The first-order valence-electron chi connectivity index (χ1n) is 6.06. The average Bonchev–Trinajstić information content (AvgIpc) is 2.52. The van der Waals surface area contributed by atoms with Crippen LogP contribution in [0.4, 0.5) is 0 Å². The summed E-state index contributed by atoms with van der Waals surface area (Å²) in [4.78, 5) is 0. The molecule has 2 heteroatoms. The van der Waals surface area contributed by atoms with Crippen LogP contribution in [0.15, 0.2) is 85.7 Å². The summed E-state index contributed by atoms with van der Waals surface area (Å²) in [6, 6.07) is 15.6. The Morgan fingerprint density at radius 3 is 1.30 bits per heavy atom. The Bertz CT molecular complexity index is 592. The Hall–Kier alpha value is -2.92. The van der Waals surface area contributed by atoms with Crippen molar-refractivity contribution in [2.24, 2.45) is 0 Å². The van der Waals surface area contributed by atoms with Gasteiger partial charge in [0, 0.05) is 0 Å². The third-order valence-electron chi connectivity index (χ3n) is 2.60. The summed E-state index contributed by atoms with van der Waals surface area (Å²) in [5, 5.41) is 0. The molecule has 0 atom stereocenters. The van der Waals surface area contributed by atoms with E-state index in [9.17, 15) is 0 Å². The molecule has 0 saturated heterocycles. The van der Waals surface area contributed by atoms with Crippen molar-refractivity contribution < 1.29 is 9.47 Å². The van der Waals surface area contributed by atoms with Gasteiger partial charge < -0.3 is 9.47 Å². The van der Waals surface area contributed by atoms with E-state index in [0.29, 0.717) is 0 Å². The molecule has 0 fully saturated rings. The van der Waals surface area contributed by atoms with E-state index in [2.05, 4.69) is 24.6 Å². The molecule has 0 bridgehead atoms. The molecule has 0 unspecified atom stereocenters. The molecule has 98 valence electrons. The van der Waals surface area contributed by atoms with Gasteiger partial charge in [-0.1, -0.05) is 48.9 Å². The Balaban J connectivity index is 2.14. The zero-order chi connectivity index (χ0) is 14.2. The first kappa shape index (κ1) is 13.5. The molecule has 0 aliphatic carbocycles. The normalized spacial score (nSPS) is 9.00. The summed E-state index contributed by atoms with van der Waals surface area (Å²) in [5.41, 5.74) is 7.33. The molecule has 0 aliphatic heterocycles. The van der Waals surface area contributed by atoms with Crippen LogP contribution in [-0.2, 0) is 0 Å². The predicted octanol–water partition coefficient (Wildman–Crippen LogP) is 4.71. The summed E-state index contributed by atoms with van der Waals surface area (Å²) in [6.45, 7) is 6.88. The van der Waals surface area contributed by atoms with E-state index in [1.165, 1.54) is 12.5 Å². The lowest BCUT2D eigenvalue weighted by Crippen LogP contribution is -1.83. The van der Waals surface area contributed by atoms with E-state index in [4.69, 9.17) is 9.47 Å². The largest absolute Gasteiger partial charge is 0.457 e. The van der Waals surface area contributed by atoms with Crippen LogP contribution in [0.5, 0.6) is 11.5 Å². The second-order valence-electron chi connectivity index (χ2n) is 3.93. The molecule has 2 rings (SSSR count). The molecule has 0 N–H and O–H groups in total. The highest BCUT2D eigenvalue weighted by Gasteiger charge is 1.99. The van der Waals surface area contributed by atoms with Gasteiger partial charge in [-0.05, 0) is 35.4 Å². The number of benzene rings is 2. The molecule has 0 aromatic heterocycles. The number of rotatable bonds is 5. The Morgan fingerprint density at radius 1 is 0.650 bits per heavy atom. The molecule has 0 aliphatic rings. The summed E-state index contributed by atoms with van der Waals surface area (Å²) in [6.07, 6.45) is 2.85. The van der Waals surface area contributed by atoms with Crippen LogP contribution in [0.1, 0.15) is 0 Å². The second kappa shape index (κ2) is 6.86. The van der Waals surface area contributed by atoms with Crippen LogP contribution in [0.2, 0.25) is 0 Å². The molecule has 2 aromatic rings. The van der Waals surface area contributed by atoms with E-state index in [-0.39, 0.29) is 0 Å². The van der Waals surface area contributed by atoms with Crippen molar-refractivity contribution in [3.63, 3.8) is 0 Å². The number of hydrogen-bond acceptors (Lipinski definition) is 2. The van der Waals surface area contributed by atoms with Crippen LogP contribution in [0, 0.1) is 0 Å². The summed E-state index contributed by atoms with van der Waals surface area (Å²) >= 11 is 0. The van der Waals surface area contributed by atoms with Crippen molar-refractivity contribution in [2.45, 2.75) is 0 Å². The maximum absolute atomic E-state index is 5.27. The predicted molar refractivity (Wildman–Crippen MR) is 80.6 cm³/mol. The average molecular weight is 262 g/mol. The minimum Gasteiger partial charge on any atom is -0.457 e. The maximum Gasteiger partial charge on any atom is 0.133 e. The summed E-state index contributed by atoms with van der Waals surface area (Å²) < 4.78 is 10.5. The number of hydrogen-bond donors (Lipinski definition) is 0. The zero-order valence-corrected chi connectivity index (χ0v) is 11.0. The van der Waals surface area contributed by atoms with Gasteiger partial charge in [0.1, 0.15) is 24.0 Å². The smallest absolute Gasteiger partial charge is 0.133 e. The monoisotopic (exact) mass is 262 g/mol. The molecular weight excluding hydrogens is 248 g/mol. The van der Waals surface area contributed by atoms with E-state index in [0.717, 1.165) is 22.6 Å². The quantitative estimate of drug-likeness (QED) is 0.574. The summed E-state index contributed by atoms with van der Waals surface area (Å²) in [5.74, 6) is 1.50. The van der Waals surface area contributed by atoms with Crippen LogP contribution >= 0.6 is 0 Å². The van der Waals surface area contributed by atoms with Crippen LogP contribution in [0.25, 0.3) is 11.1 Å². The van der Waals surface area contributed by atoms with Gasteiger partial charge in [0.2, 0.25) is 0 Å². The third-order valence-corrected chi connectivity index (χ3v) is 2.60. The fourth-order valence-corrected chi connectivity index (χ4v) is 1.67. The minimum atomic E-state index is 0.751. The summed E-state index contributed by atoms with van der Waals surface area (Å²) in [7, 11) is 0. The highest BCUT2D eigenvalue weighted by Crippen LogP contribution is 2.24. The lowest BCUT2D eigenvalue weighted by Gasteiger charge is -2.05. The van der Waals surface area contributed by atoms with E-state index in [1.54, 1.807) is 0 Å². The van der Waals surface area contributed by atoms with E-state index < -0.39 is 0 Å². The van der Waals surface area contributed by atoms with Crippen molar-refractivity contribution in [1.82, 2.24) is 0 Å². The number of ether oxygens (including phenoxy) is 2. The molecule has 2 nitrogen and oxygen atoms in total. The van der Waals surface area contributed by atoms with Gasteiger partial charge in [-0.2, -0.15) is 0 Å². The first-order chi connectivity index (χ1) is 9.83. The molecule has 2 aromatic carbocycles. The van der Waals surface area contributed by atoms with E-state index in [1.807, 2.05) is 48.5 Å². The Labute approximate surface area is 118 Å². The zero-order valence-electron chi connectivity index (χ0n) is 11.0. The highest BCUT2D eigenvalue weighted by atomic mass is 16.5. The van der Waals surface area contributed by atoms with Crippen molar-refractivity contribution >= 4 is 0 Å². The van der Waals surface area contributed by atoms with Crippen molar-refractivity contribution in [2.75, 3.05) is 0 Å². The van der Waals surface area contributed by atoms with Crippen molar-refractivity contribution in [3.8, 4) is 22.6 Å². The Morgan fingerprint density at radius 2 is 1.00 bits per heavy atom. The molecule has 0 radical (unpaired) electrons. The SMILES string of the molecule is C=C=COc1ccc(-c2ccc(OC=C=C)cc2)cc1. The molecule has 20 heavy (non-hydrogen) atoms. The van der Waals surface area contributed by atoms with Gasteiger partial charge in [0.25, 0.3) is 0 Å². The Kier molecular flexibility index (Phi) is 4.64. The molecule has 0 saturated carbocycles. The van der Waals surface area contributed by atoms with Gasteiger partial charge in [0.05, 0.1) is 0 Å². The molecule has 0 heterocycles. The topological polar surface area (TPSA) is 18.5 Å². The third kappa shape index (κ3) is 3.54. The van der Waals surface area contributed by atoms with Gasteiger partial charge in [-0.25, -0.2) is 0 Å². The van der Waals surface area contributed by atoms with Gasteiger partial charge in [0.15, 0.2) is 0 Å². The minimum absolute atomic E-state index is 0.751. The van der Waals surface area contributed by atoms with Crippen LogP contribution < -0.4 is 9.47 Å². The molecular formula is C18H14O2. The van der Waals surface area contributed by atoms with Crippen LogP contribution in [0.3, 0.4) is 0 Å². The van der Waals surface area contributed by atoms with Gasteiger partial charge >= 0.3 is 0 Å². The molecule has 0 amide bonds. The fraction of sp³-hybridized carbons (Fsp3) is 0. The second-order valence-corrected chi connectivity index (χ2v) is 3.93. The van der Waals surface area contributed by atoms with Crippen LogP contribution in [-0.4, -0.2) is 0 Å². The fourth-order valence-electron chi connectivity index (χ4n) is 1.67. The highest BCUT2D eigenvalue weighted by molar-refractivity contribution is 5.64. The van der Waals surface area contributed by atoms with E-state index >= 15 is 0 Å². The standard InChI is InChI=1S/C18H14O2/c1-3-13-19-17-9-5-15(6-10-17)16-7-11-18(12-8-16)20-14-4-2/h5-14H,1-2H2. The van der Waals surface area contributed by atoms with Gasteiger partial charge in [-0.15, -0.1) is 0 Å². The lowest BCUT2D eigenvalue weighted by molar-refractivity contribution is 0.482. The van der Waals surface area contributed by atoms with Gasteiger partial charge in [-0.3, -0.25) is 0 Å². The van der Waals surface area contributed by atoms with Crippen molar-refractivity contribution in [3.05, 3.63) is 85.7 Å².